The van der Waals surface area contributed by atoms with E-state index >= 15 is 0 Å². The second kappa shape index (κ2) is 6.21. The zero-order valence-corrected chi connectivity index (χ0v) is 10.8. The van der Waals surface area contributed by atoms with E-state index in [9.17, 15) is 5.11 Å². The second-order valence-corrected chi connectivity index (χ2v) is 4.60. The molecule has 0 aliphatic heterocycles. The molecule has 1 aromatic rings. The number of aliphatic hydroxyl groups excluding tert-OH is 1. The van der Waals surface area contributed by atoms with Crippen molar-refractivity contribution < 1.29 is 10.2 Å². The Morgan fingerprint density at radius 3 is 2.71 bits per heavy atom. The summed E-state index contributed by atoms with van der Waals surface area (Å²) in [5.41, 5.74) is 6.04. The highest BCUT2D eigenvalue weighted by Crippen LogP contribution is 2.30. The van der Waals surface area contributed by atoms with E-state index in [1.54, 1.807) is 6.92 Å². The normalized spacial score (nSPS) is 15.1. The molecule has 17 heavy (non-hydrogen) atoms. The number of aromatic hydroxyl groups is 1. The molecule has 0 amide bonds. The van der Waals surface area contributed by atoms with E-state index in [1.165, 1.54) is 18.3 Å². The van der Waals surface area contributed by atoms with Crippen molar-refractivity contribution in [1.82, 2.24) is 0 Å². The summed E-state index contributed by atoms with van der Waals surface area (Å²) >= 11 is 11.5. The lowest BCUT2D eigenvalue weighted by Crippen LogP contribution is -2.22. The van der Waals surface area contributed by atoms with Gasteiger partial charge in [-0.25, -0.2) is 0 Å². The molecule has 0 saturated heterocycles. The summed E-state index contributed by atoms with van der Waals surface area (Å²) in [6, 6.07) is 2.97. The van der Waals surface area contributed by atoms with Crippen molar-refractivity contribution in [3.8, 4) is 5.75 Å². The van der Waals surface area contributed by atoms with Crippen molar-refractivity contribution in [2.24, 2.45) is 10.7 Å². The number of hydrogen-bond donors (Lipinski definition) is 3. The summed E-state index contributed by atoms with van der Waals surface area (Å²) < 4.78 is 0. The van der Waals surface area contributed by atoms with Gasteiger partial charge in [-0.15, -0.1) is 0 Å². The van der Waals surface area contributed by atoms with E-state index in [0.717, 1.165) is 0 Å². The lowest BCUT2D eigenvalue weighted by atomic mass is 10.2. The minimum absolute atomic E-state index is 0.0935. The van der Waals surface area contributed by atoms with Crippen molar-refractivity contribution >= 4 is 29.4 Å². The SMILES string of the molecule is CC(O)CC(N)N=Cc1cc(Cl)cc(Cl)c1O. The fourth-order valence-corrected chi connectivity index (χ4v) is 1.78. The first-order valence-corrected chi connectivity index (χ1v) is 5.80. The average molecular weight is 277 g/mol. The van der Waals surface area contributed by atoms with Gasteiger partial charge in [-0.1, -0.05) is 23.2 Å². The Kier molecular flexibility index (Phi) is 5.21. The monoisotopic (exact) mass is 276 g/mol. The van der Waals surface area contributed by atoms with Crippen LogP contribution in [0.5, 0.6) is 5.75 Å². The molecule has 0 spiro atoms. The molecule has 6 heteroatoms. The van der Waals surface area contributed by atoms with E-state index in [2.05, 4.69) is 4.99 Å². The fraction of sp³-hybridized carbons (Fsp3) is 0.364. The first-order valence-electron chi connectivity index (χ1n) is 5.05. The smallest absolute Gasteiger partial charge is 0.143 e. The van der Waals surface area contributed by atoms with Gasteiger partial charge < -0.3 is 15.9 Å². The van der Waals surface area contributed by atoms with Crippen LogP contribution in [-0.2, 0) is 0 Å². The van der Waals surface area contributed by atoms with Crippen LogP contribution in [0.15, 0.2) is 17.1 Å². The second-order valence-electron chi connectivity index (χ2n) is 3.76. The number of aliphatic imine (C=N–C) groups is 1. The molecule has 0 aliphatic rings. The molecular formula is C11H14Cl2N2O2. The molecule has 1 aromatic carbocycles. The molecule has 0 heterocycles. The van der Waals surface area contributed by atoms with Crippen molar-refractivity contribution in [3.05, 3.63) is 27.7 Å². The summed E-state index contributed by atoms with van der Waals surface area (Å²) in [6.07, 6.45) is 0.664. The minimum Gasteiger partial charge on any atom is -0.506 e. The number of hydrogen-bond acceptors (Lipinski definition) is 4. The maximum Gasteiger partial charge on any atom is 0.143 e. The summed E-state index contributed by atoms with van der Waals surface area (Å²) in [5, 5.41) is 19.3. The summed E-state index contributed by atoms with van der Waals surface area (Å²) in [5.74, 6) is -0.0935. The molecule has 0 aromatic heterocycles. The van der Waals surface area contributed by atoms with Crippen LogP contribution < -0.4 is 5.73 Å². The molecule has 0 radical (unpaired) electrons. The highest BCUT2D eigenvalue weighted by atomic mass is 35.5. The minimum atomic E-state index is -0.535. The highest BCUT2D eigenvalue weighted by molar-refractivity contribution is 6.36. The number of phenols is 1. The van der Waals surface area contributed by atoms with Gasteiger partial charge in [-0.3, -0.25) is 4.99 Å². The molecule has 1 rings (SSSR count). The maximum absolute atomic E-state index is 9.64. The maximum atomic E-state index is 9.64. The lowest BCUT2D eigenvalue weighted by molar-refractivity contribution is 0.176. The van der Waals surface area contributed by atoms with Gasteiger partial charge in [0.05, 0.1) is 17.3 Å². The summed E-state index contributed by atoms with van der Waals surface area (Å²) in [4.78, 5) is 3.99. The molecule has 2 unspecified atom stereocenters. The Bertz CT molecular complexity index is 422. The van der Waals surface area contributed by atoms with Crippen molar-refractivity contribution in [2.45, 2.75) is 25.6 Å². The molecule has 4 nitrogen and oxygen atoms in total. The third-order valence-electron chi connectivity index (χ3n) is 2.05. The molecular weight excluding hydrogens is 263 g/mol. The van der Waals surface area contributed by atoms with Crippen LogP contribution in [0.4, 0.5) is 0 Å². The van der Waals surface area contributed by atoms with Crippen LogP contribution in [0, 0.1) is 0 Å². The number of halogens is 2. The van der Waals surface area contributed by atoms with Crippen molar-refractivity contribution in [3.63, 3.8) is 0 Å². The van der Waals surface area contributed by atoms with Gasteiger partial charge in [0, 0.05) is 23.2 Å². The standard InChI is InChI=1S/C11H14Cl2N2O2/c1-6(16)2-10(14)15-5-7-3-8(12)4-9(13)11(7)17/h3-6,10,16-17H,2,14H2,1H3. The molecule has 0 saturated carbocycles. The van der Waals surface area contributed by atoms with E-state index in [1.807, 2.05) is 0 Å². The zero-order valence-electron chi connectivity index (χ0n) is 9.27. The number of benzene rings is 1. The van der Waals surface area contributed by atoms with E-state index in [4.69, 9.17) is 34.0 Å². The Morgan fingerprint density at radius 1 is 1.47 bits per heavy atom. The van der Waals surface area contributed by atoms with Gasteiger partial charge in [-0.2, -0.15) is 0 Å². The molecule has 4 N–H and O–H groups in total. The van der Waals surface area contributed by atoms with Crippen LogP contribution in [-0.4, -0.2) is 28.7 Å². The Balaban J connectivity index is 2.84. The summed E-state index contributed by atoms with van der Waals surface area (Å²) in [7, 11) is 0. The number of rotatable bonds is 4. The van der Waals surface area contributed by atoms with Gasteiger partial charge in [0.2, 0.25) is 0 Å². The predicted molar refractivity (Wildman–Crippen MR) is 70.0 cm³/mol. The van der Waals surface area contributed by atoms with Crippen LogP contribution in [0.2, 0.25) is 10.0 Å². The first-order chi connectivity index (χ1) is 7.90. The molecule has 94 valence electrons. The number of phenolic OH excluding ortho intramolecular Hbond substituents is 1. The van der Waals surface area contributed by atoms with E-state index < -0.39 is 12.3 Å². The predicted octanol–water partition coefficient (Wildman–Crippen LogP) is 2.17. The average Bonchev–Trinajstić information content (AvgIpc) is 2.20. The van der Waals surface area contributed by atoms with Crippen LogP contribution in [0.1, 0.15) is 18.9 Å². The van der Waals surface area contributed by atoms with Gasteiger partial charge >= 0.3 is 0 Å². The Labute approximate surface area is 110 Å². The fourth-order valence-electron chi connectivity index (χ4n) is 1.27. The number of nitrogens with zero attached hydrogens (tertiary/aromatic N) is 1. The van der Waals surface area contributed by atoms with Gasteiger partial charge in [-0.05, 0) is 19.1 Å². The third kappa shape index (κ3) is 4.52. The largest absolute Gasteiger partial charge is 0.506 e. The number of nitrogens with two attached hydrogens (primary N) is 1. The van der Waals surface area contributed by atoms with Gasteiger partial charge in [0.25, 0.3) is 0 Å². The van der Waals surface area contributed by atoms with Gasteiger partial charge in [0.15, 0.2) is 0 Å². The third-order valence-corrected chi connectivity index (χ3v) is 2.55. The lowest BCUT2D eigenvalue weighted by Gasteiger charge is -2.08. The molecule has 2 atom stereocenters. The topological polar surface area (TPSA) is 78.8 Å². The summed E-state index contributed by atoms with van der Waals surface area (Å²) in [6.45, 7) is 1.63. The zero-order chi connectivity index (χ0) is 13.0. The molecule has 0 aliphatic carbocycles. The molecule has 0 fully saturated rings. The first kappa shape index (κ1) is 14.3. The van der Waals surface area contributed by atoms with E-state index in [-0.39, 0.29) is 10.8 Å². The van der Waals surface area contributed by atoms with Crippen LogP contribution in [0.25, 0.3) is 0 Å². The van der Waals surface area contributed by atoms with Crippen LogP contribution >= 0.6 is 23.2 Å². The number of aliphatic hydroxyl groups is 1. The quantitative estimate of drug-likeness (QED) is 0.738. The van der Waals surface area contributed by atoms with Gasteiger partial charge in [0.1, 0.15) is 5.75 Å². The Morgan fingerprint density at radius 2 is 2.12 bits per heavy atom. The van der Waals surface area contributed by atoms with Crippen molar-refractivity contribution in [2.75, 3.05) is 0 Å². The molecule has 0 bridgehead atoms. The van der Waals surface area contributed by atoms with Crippen LogP contribution in [0.3, 0.4) is 0 Å². The van der Waals surface area contributed by atoms with E-state index in [0.29, 0.717) is 17.0 Å². The highest BCUT2D eigenvalue weighted by Gasteiger charge is 2.07. The van der Waals surface area contributed by atoms with Crippen molar-refractivity contribution in [1.29, 1.82) is 0 Å². The Hall–Kier alpha value is -0.810.